The highest BCUT2D eigenvalue weighted by Gasteiger charge is 2.55. The van der Waals surface area contributed by atoms with Gasteiger partial charge in [0.2, 0.25) is 5.91 Å². The lowest BCUT2D eigenvalue weighted by molar-refractivity contribution is -0.160. The monoisotopic (exact) mass is 599 g/mol. The molecule has 0 bridgehead atoms. The van der Waals surface area contributed by atoms with Gasteiger partial charge >= 0.3 is 5.97 Å². The number of rotatable bonds is 9. The third-order valence-corrected chi connectivity index (χ3v) is 10.4. The van der Waals surface area contributed by atoms with Gasteiger partial charge in [0.25, 0.3) is 0 Å². The van der Waals surface area contributed by atoms with E-state index in [0.717, 1.165) is 24.0 Å². The van der Waals surface area contributed by atoms with Crippen molar-refractivity contribution in [2.45, 2.75) is 55.5 Å². The van der Waals surface area contributed by atoms with E-state index in [0.29, 0.717) is 10.0 Å². The number of hydrogen-bond acceptors (Lipinski definition) is 4. The van der Waals surface area contributed by atoms with Crippen molar-refractivity contribution in [3.8, 4) is 0 Å². The van der Waals surface area contributed by atoms with Crippen LogP contribution in [0.1, 0.15) is 55.7 Å². The molecule has 0 unspecified atom stereocenters. The van der Waals surface area contributed by atoms with Gasteiger partial charge in [-0.25, -0.2) is 8.42 Å². The van der Waals surface area contributed by atoms with Gasteiger partial charge < -0.3 is 10.0 Å². The molecule has 5 rings (SSSR count). The van der Waals surface area contributed by atoms with Crippen LogP contribution in [0.4, 0.5) is 0 Å². The summed E-state index contributed by atoms with van der Waals surface area (Å²) in [6.45, 7) is 1.68. The Balaban J connectivity index is 1.69. The topological polar surface area (TPSA) is 91.8 Å². The summed E-state index contributed by atoms with van der Waals surface area (Å²) in [5.74, 6) is -2.01. The lowest BCUT2D eigenvalue weighted by Gasteiger charge is -2.52. The minimum atomic E-state index is -3.75. The molecule has 2 aliphatic rings. The fourth-order valence-corrected chi connectivity index (χ4v) is 8.09. The second-order valence-corrected chi connectivity index (χ2v) is 14.1. The zero-order valence-electron chi connectivity index (χ0n) is 22.0. The van der Waals surface area contributed by atoms with Gasteiger partial charge in [-0.2, -0.15) is 0 Å². The molecule has 0 spiro atoms. The van der Waals surface area contributed by atoms with Gasteiger partial charge in [0.1, 0.15) is 0 Å². The summed E-state index contributed by atoms with van der Waals surface area (Å²) in [4.78, 5) is 28.4. The quantitative estimate of drug-likeness (QED) is 0.292. The van der Waals surface area contributed by atoms with Crippen molar-refractivity contribution >= 4 is 44.9 Å². The van der Waals surface area contributed by atoms with Crippen LogP contribution in [0.15, 0.2) is 83.8 Å². The number of sulfone groups is 1. The summed E-state index contributed by atoms with van der Waals surface area (Å²) >= 11 is 12.6. The predicted molar refractivity (Wildman–Crippen MR) is 155 cm³/mol. The van der Waals surface area contributed by atoms with E-state index >= 15 is 0 Å². The normalized spacial score (nSPS) is 24.1. The summed E-state index contributed by atoms with van der Waals surface area (Å²) in [5, 5.41) is 10.9. The zero-order chi connectivity index (χ0) is 28.7. The summed E-state index contributed by atoms with van der Waals surface area (Å²) in [6.07, 6.45) is 1.49. The average Bonchev–Trinajstić information content (AvgIpc) is 3.75. The third kappa shape index (κ3) is 5.92. The van der Waals surface area contributed by atoms with Crippen LogP contribution < -0.4 is 0 Å². The maximum atomic E-state index is 14.5. The van der Waals surface area contributed by atoms with Gasteiger partial charge in [-0.1, -0.05) is 72.6 Å². The van der Waals surface area contributed by atoms with E-state index in [-0.39, 0.29) is 41.2 Å². The van der Waals surface area contributed by atoms with Crippen LogP contribution in [0.2, 0.25) is 10.0 Å². The molecule has 1 saturated carbocycles. The van der Waals surface area contributed by atoms with E-state index in [9.17, 15) is 23.1 Å². The highest BCUT2D eigenvalue weighted by Crippen LogP contribution is 2.54. The third-order valence-electron chi connectivity index (χ3n) is 8.15. The van der Waals surface area contributed by atoms with Crippen molar-refractivity contribution < 1.29 is 23.1 Å². The number of carbonyl (C=O) groups excluding carboxylic acids is 1. The van der Waals surface area contributed by atoms with Gasteiger partial charge in [-0.3, -0.25) is 9.59 Å². The number of benzene rings is 3. The minimum Gasteiger partial charge on any atom is -0.481 e. The Morgan fingerprint density at radius 2 is 1.65 bits per heavy atom. The van der Waals surface area contributed by atoms with E-state index in [1.165, 1.54) is 0 Å². The standard InChI is InChI=1S/C31H31Cl2NO5S/c1-31(18-28(35)36)17-26(22-6-5-7-24(33)16-22)29(21-12-14-23(32)15-13-21)34(30(31)37)27(20-10-11-20)19-40(38,39)25-8-3-2-4-9-25/h2-9,12-16,20,26-27,29H,10-11,17-19H2,1H3,(H,35,36)/t26-,27-,29-,31-/m1/s1. The molecular formula is C31H31Cl2NO5S. The molecule has 0 radical (unpaired) electrons. The fraction of sp³-hybridized carbons (Fsp3) is 0.355. The second kappa shape index (κ2) is 11.2. The van der Waals surface area contributed by atoms with E-state index in [2.05, 4.69) is 0 Å². The molecule has 4 atom stereocenters. The smallest absolute Gasteiger partial charge is 0.304 e. The van der Waals surface area contributed by atoms with E-state index in [1.807, 2.05) is 30.3 Å². The number of aliphatic carboxylic acids is 1. The van der Waals surface area contributed by atoms with Crippen molar-refractivity contribution in [1.29, 1.82) is 0 Å². The first-order valence-electron chi connectivity index (χ1n) is 13.3. The number of piperidine rings is 1. The van der Waals surface area contributed by atoms with Crippen LogP contribution in [0.3, 0.4) is 0 Å². The molecule has 40 heavy (non-hydrogen) atoms. The average molecular weight is 601 g/mol. The maximum Gasteiger partial charge on any atom is 0.304 e. The Hall–Kier alpha value is -2.87. The highest BCUT2D eigenvalue weighted by molar-refractivity contribution is 7.91. The largest absolute Gasteiger partial charge is 0.481 e. The lowest BCUT2D eigenvalue weighted by atomic mass is 9.67. The summed E-state index contributed by atoms with van der Waals surface area (Å²) < 4.78 is 27.4. The summed E-state index contributed by atoms with van der Waals surface area (Å²) in [6, 6.07) is 21.7. The minimum absolute atomic E-state index is 0.00979. The second-order valence-electron chi connectivity index (χ2n) is 11.2. The van der Waals surface area contributed by atoms with Crippen LogP contribution >= 0.6 is 23.2 Å². The van der Waals surface area contributed by atoms with Gasteiger partial charge in [-0.05, 0) is 72.7 Å². The van der Waals surface area contributed by atoms with E-state index in [1.54, 1.807) is 60.4 Å². The Morgan fingerprint density at radius 1 is 0.975 bits per heavy atom. The maximum absolute atomic E-state index is 14.5. The highest BCUT2D eigenvalue weighted by atomic mass is 35.5. The van der Waals surface area contributed by atoms with Gasteiger partial charge in [-0.15, -0.1) is 0 Å². The van der Waals surface area contributed by atoms with Gasteiger partial charge in [0, 0.05) is 22.0 Å². The van der Waals surface area contributed by atoms with E-state index in [4.69, 9.17) is 23.2 Å². The number of likely N-dealkylation sites (tertiary alicyclic amines) is 1. The molecule has 2 fully saturated rings. The van der Waals surface area contributed by atoms with Crippen LogP contribution in [0.25, 0.3) is 0 Å². The van der Waals surface area contributed by atoms with Crippen molar-refractivity contribution in [3.05, 3.63) is 100 Å². The molecular weight excluding hydrogens is 569 g/mol. The lowest BCUT2D eigenvalue weighted by Crippen LogP contribution is -2.58. The SMILES string of the molecule is C[C@]1(CC(=O)O)C[C@H](c2cccc(Cl)c2)[C@@H](c2ccc(Cl)cc2)N([C@H](CS(=O)(=O)c2ccccc2)C2CC2)C1=O. The molecule has 1 aliphatic carbocycles. The molecule has 1 amide bonds. The summed E-state index contributed by atoms with van der Waals surface area (Å²) in [7, 11) is -3.75. The number of carbonyl (C=O) groups is 2. The number of carboxylic acid groups (broad SMARTS) is 1. The van der Waals surface area contributed by atoms with Crippen LogP contribution in [-0.2, 0) is 19.4 Å². The molecule has 6 nitrogen and oxygen atoms in total. The van der Waals surface area contributed by atoms with Gasteiger partial charge in [0.15, 0.2) is 9.84 Å². The molecule has 9 heteroatoms. The molecule has 1 saturated heterocycles. The van der Waals surface area contributed by atoms with Crippen molar-refractivity contribution in [1.82, 2.24) is 4.90 Å². The summed E-state index contributed by atoms with van der Waals surface area (Å²) in [5.41, 5.74) is 0.427. The first kappa shape index (κ1) is 28.7. The fourth-order valence-electron chi connectivity index (χ4n) is 6.12. The Labute approximate surface area is 244 Å². The number of carboxylic acids is 1. The first-order valence-corrected chi connectivity index (χ1v) is 15.7. The van der Waals surface area contributed by atoms with Crippen LogP contribution in [0.5, 0.6) is 0 Å². The predicted octanol–water partition coefficient (Wildman–Crippen LogP) is 6.78. The number of hydrogen-bond donors (Lipinski definition) is 1. The molecule has 3 aromatic carbocycles. The van der Waals surface area contributed by atoms with E-state index < -0.39 is 33.3 Å². The zero-order valence-corrected chi connectivity index (χ0v) is 24.4. The number of amides is 1. The molecule has 1 N–H and O–H groups in total. The Kier molecular flexibility index (Phi) is 8.01. The van der Waals surface area contributed by atoms with Gasteiger partial charge in [0.05, 0.1) is 28.5 Å². The molecule has 1 heterocycles. The molecule has 0 aromatic heterocycles. The van der Waals surface area contributed by atoms with Crippen molar-refractivity contribution in [2.24, 2.45) is 11.3 Å². The molecule has 210 valence electrons. The number of halogens is 2. The van der Waals surface area contributed by atoms with Crippen LogP contribution in [0, 0.1) is 11.3 Å². The molecule has 3 aromatic rings. The first-order chi connectivity index (χ1) is 19.0. The van der Waals surface area contributed by atoms with Crippen molar-refractivity contribution in [2.75, 3.05) is 5.75 Å². The molecule has 1 aliphatic heterocycles. The van der Waals surface area contributed by atoms with Crippen molar-refractivity contribution in [3.63, 3.8) is 0 Å². The Morgan fingerprint density at radius 3 is 2.25 bits per heavy atom. The van der Waals surface area contributed by atoms with Crippen LogP contribution in [-0.4, -0.2) is 42.1 Å². The number of nitrogens with zero attached hydrogens (tertiary/aromatic N) is 1. The Bertz CT molecular complexity index is 1510.